The predicted molar refractivity (Wildman–Crippen MR) is 162 cm³/mol. The van der Waals surface area contributed by atoms with Gasteiger partial charge in [0, 0.05) is 0 Å². The zero-order valence-corrected chi connectivity index (χ0v) is 26.6. The highest BCUT2D eigenvalue weighted by atomic mass is 16.6. The molecule has 2 unspecified atom stereocenters. The second kappa shape index (κ2) is 20.9. The molecule has 0 saturated carbocycles. The van der Waals surface area contributed by atoms with Crippen molar-refractivity contribution in [3.05, 3.63) is 71.8 Å². The molecule has 1 saturated heterocycles. The third kappa shape index (κ3) is 13.1. The Morgan fingerprint density at radius 2 is 1.33 bits per heavy atom. The van der Waals surface area contributed by atoms with Crippen LogP contribution in [0.2, 0.25) is 0 Å². The van der Waals surface area contributed by atoms with Crippen LogP contribution in [0.5, 0.6) is 0 Å². The first-order valence-corrected chi connectivity index (χ1v) is 14.5. The molecule has 0 aromatic heterocycles. The fourth-order valence-electron chi connectivity index (χ4n) is 3.92. The standard InChI is InChI=1S/C16H20N2O4.C15H16N2O6.CO2/c1-3-16(12-17,10-14(19)21-4-2)18-15(20)22-11-13-8-6-5-7-9-13;1-2-22-13(20)15(8-11(18)16-12(15)19)17-14(21)23-9-10-6-4-3-5-7-10;2-1-3/h5-9H,3-4,10-11H2,1-2H3,(H,18,20);3-7H,2,8-9H2,1H3,(H,17,21)(H,16,18,19);. The molecular formula is C32H36N4O12. The zero-order valence-electron chi connectivity index (χ0n) is 26.6. The minimum Gasteiger partial charge on any atom is -0.466 e. The maximum absolute atomic E-state index is 12.0. The molecular weight excluding hydrogens is 632 g/mol. The van der Waals surface area contributed by atoms with Crippen molar-refractivity contribution in [3.63, 3.8) is 0 Å². The van der Waals surface area contributed by atoms with Crippen molar-refractivity contribution < 1.29 is 57.3 Å². The lowest BCUT2D eigenvalue weighted by Crippen LogP contribution is -2.59. The summed E-state index contributed by atoms with van der Waals surface area (Å²) in [7, 11) is 0. The molecule has 3 N–H and O–H groups in total. The number of benzene rings is 2. The van der Waals surface area contributed by atoms with Crippen molar-refractivity contribution in [1.82, 2.24) is 16.0 Å². The fourth-order valence-corrected chi connectivity index (χ4v) is 3.92. The summed E-state index contributed by atoms with van der Waals surface area (Å²) in [5.41, 5.74) is -1.83. The Morgan fingerprint density at radius 3 is 1.75 bits per heavy atom. The Morgan fingerprint density at radius 1 is 0.833 bits per heavy atom. The lowest BCUT2D eigenvalue weighted by Gasteiger charge is -2.25. The number of esters is 2. The molecule has 16 heteroatoms. The van der Waals surface area contributed by atoms with E-state index in [-0.39, 0.29) is 45.4 Å². The van der Waals surface area contributed by atoms with Crippen molar-refractivity contribution in [3.8, 4) is 6.07 Å². The molecule has 16 nitrogen and oxygen atoms in total. The van der Waals surface area contributed by atoms with Crippen LogP contribution in [0.4, 0.5) is 9.59 Å². The van der Waals surface area contributed by atoms with Gasteiger partial charge in [-0.05, 0) is 31.4 Å². The molecule has 1 aliphatic rings. The number of nitrogens with zero attached hydrogens (tertiary/aromatic N) is 1. The Bertz CT molecular complexity index is 1470. The van der Waals surface area contributed by atoms with Gasteiger partial charge in [-0.15, -0.1) is 0 Å². The van der Waals surface area contributed by atoms with E-state index >= 15 is 0 Å². The van der Waals surface area contributed by atoms with Crippen LogP contribution in [-0.2, 0) is 60.9 Å². The summed E-state index contributed by atoms with van der Waals surface area (Å²) in [4.78, 5) is 86.9. The SMILES string of the molecule is CCOC(=O)C1(NC(=O)OCc2ccccc2)CC(=O)NC1=O.CCOC(=O)CC(C#N)(CC)NC(=O)OCc1ccccc1.O=C=O. The molecule has 2 atom stereocenters. The first kappa shape index (κ1) is 40.0. The van der Waals surface area contributed by atoms with E-state index in [1.807, 2.05) is 47.8 Å². The number of nitrogens with one attached hydrogen (secondary N) is 3. The zero-order chi connectivity index (χ0) is 36.0. The van der Waals surface area contributed by atoms with Gasteiger partial charge in [0.05, 0.1) is 32.1 Å². The molecule has 0 bridgehead atoms. The minimum absolute atomic E-state index is 0.00277. The minimum atomic E-state index is -2.08. The largest absolute Gasteiger partial charge is 0.466 e. The average molecular weight is 669 g/mol. The molecule has 2 aromatic carbocycles. The maximum atomic E-state index is 12.0. The van der Waals surface area contributed by atoms with Gasteiger partial charge in [0.1, 0.15) is 18.8 Å². The topological polar surface area (TPSA) is 233 Å². The molecule has 2 aromatic rings. The van der Waals surface area contributed by atoms with E-state index in [2.05, 4.69) is 10.6 Å². The van der Waals surface area contributed by atoms with E-state index in [4.69, 9.17) is 28.5 Å². The number of amides is 4. The van der Waals surface area contributed by atoms with Crippen LogP contribution in [-0.4, -0.2) is 66.4 Å². The van der Waals surface area contributed by atoms with E-state index < -0.39 is 53.4 Å². The number of alkyl carbamates (subject to hydrolysis) is 2. The number of hydrogen-bond donors (Lipinski definition) is 3. The molecule has 1 aliphatic heterocycles. The van der Waals surface area contributed by atoms with Gasteiger partial charge in [0.2, 0.25) is 11.4 Å². The van der Waals surface area contributed by atoms with Gasteiger partial charge < -0.3 is 24.3 Å². The van der Waals surface area contributed by atoms with Crippen LogP contribution in [0.1, 0.15) is 51.2 Å². The van der Waals surface area contributed by atoms with Crippen LogP contribution < -0.4 is 16.0 Å². The molecule has 1 heterocycles. The number of imide groups is 1. The molecule has 0 radical (unpaired) electrons. The monoisotopic (exact) mass is 668 g/mol. The first-order chi connectivity index (χ1) is 22.9. The molecule has 1 fully saturated rings. The fraction of sp³-hybridized carbons (Fsp3) is 0.375. The van der Waals surface area contributed by atoms with E-state index in [1.54, 1.807) is 45.0 Å². The molecule has 3 rings (SSSR count). The number of carbonyl (C=O) groups is 6. The van der Waals surface area contributed by atoms with Gasteiger partial charge in [-0.25, -0.2) is 14.4 Å². The summed E-state index contributed by atoms with van der Waals surface area (Å²) in [6.07, 6.45) is -1.95. The highest BCUT2D eigenvalue weighted by Crippen LogP contribution is 2.20. The van der Waals surface area contributed by atoms with Crippen LogP contribution in [0.25, 0.3) is 0 Å². The molecule has 48 heavy (non-hydrogen) atoms. The van der Waals surface area contributed by atoms with E-state index in [0.29, 0.717) is 0 Å². The summed E-state index contributed by atoms with van der Waals surface area (Å²) >= 11 is 0. The third-order valence-corrected chi connectivity index (χ3v) is 6.34. The Hall–Kier alpha value is -6.07. The number of nitriles is 1. The number of carbonyl (C=O) groups excluding carboxylic acids is 8. The van der Waals surface area contributed by atoms with Crippen molar-refractivity contribution in [2.24, 2.45) is 0 Å². The Labute approximate surface area is 276 Å². The molecule has 0 aliphatic carbocycles. The van der Waals surface area contributed by atoms with Crippen LogP contribution >= 0.6 is 0 Å². The molecule has 0 spiro atoms. The number of ether oxygens (including phenoxy) is 4. The van der Waals surface area contributed by atoms with Gasteiger partial charge in [0.25, 0.3) is 5.91 Å². The van der Waals surface area contributed by atoms with Crippen molar-refractivity contribution in [2.75, 3.05) is 13.2 Å². The highest BCUT2D eigenvalue weighted by molar-refractivity contribution is 6.21. The van der Waals surface area contributed by atoms with Gasteiger partial charge in [-0.3, -0.25) is 25.0 Å². The predicted octanol–water partition coefficient (Wildman–Crippen LogP) is 2.22. The second-order valence-corrected chi connectivity index (χ2v) is 9.67. The maximum Gasteiger partial charge on any atom is 0.408 e. The van der Waals surface area contributed by atoms with Crippen molar-refractivity contribution >= 4 is 42.1 Å². The molecule has 256 valence electrons. The van der Waals surface area contributed by atoms with E-state index in [1.165, 1.54) is 0 Å². The van der Waals surface area contributed by atoms with E-state index in [9.17, 15) is 34.0 Å². The summed E-state index contributed by atoms with van der Waals surface area (Å²) < 4.78 is 19.7. The smallest absolute Gasteiger partial charge is 0.408 e. The third-order valence-electron chi connectivity index (χ3n) is 6.34. The lowest BCUT2D eigenvalue weighted by molar-refractivity contribution is -0.191. The summed E-state index contributed by atoms with van der Waals surface area (Å²) in [5.74, 6) is -3.14. The van der Waals surface area contributed by atoms with Gasteiger partial charge in [0.15, 0.2) is 0 Å². The Kier molecular flexibility index (Phi) is 17.4. The normalized spacial score (nSPS) is 15.5. The average Bonchev–Trinajstić information content (AvgIpc) is 3.37. The van der Waals surface area contributed by atoms with E-state index in [0.717, 1.165) is 11.1 Å². The van der Waals surface area contributed by atoms with Crippen molar-refractivity contribution in [2.45, 2.75) is 64.3 Å². The molecule has 4 amide bonds. The van der Waals surface area contributed by atoms with Crippen molar-refractivity contribution in [1.29, 1.82) is 5.26 Å². The number of rotatable bonds is 12. The number of hydrogen-bond acceptors (Lipinski definition) is 13. The van der Waals surface area contributed by atoms with Crippen LogP contribution in [0, 0.1) is 11.3 Å². The van der Waals surface area contributed by atoms with Gasteiger partial charge in [-0.2, -0.15) is 14.9 Å². The lowest BCUT2D eigenvalue weighted by atomic mass is 9.94. The van der Waals surface area contributed by atoms with Gasteiger partial charge >= 0.3 is 30.3 Å². The Balaban J connectivity index is 0.000000444. The second-order valence-electron chi connectivity index (χ2n) is 9.67. The van der Waals surface area contributed by atoms with Crippen LogP contribution in [0.3, 0.4) is 0 Å². The quantitative estimate of drug-likeness (QED) is 0.128. The summed E-state index contributed by atoms with van der Waals surface area (Å²) in [6, 6.07) is 20.0. The van der Waals surface area contributed by atoms with Crippen LogP contribution in [0.15, 0.2) is 60.7 Å². The summed E-state index contributed by atoms with van der Waals surface area (Å²) in [5, 5.41) is 15.9. The highest BCUT2D eigenvalue weighted by Gasteiger charge is 2.56. The van der Waals surface area contributed by atoms with Gasteiger partial charge in [-0.1, -0.05) is 67.6 Å². The summed E-state index contributed by atoms with van der Waals surface area (Å²) in [6.45, 7) is 5.22. The first-order valence-electron chi connectivity index (χ1n) is 14.5.